The van der Waals surface area contributed by atoms with Crippen LogP contribution < -0.4 is 4.74 Å². The van der Waals surface area contributed by atoms with Gasteiger partial charge in [0.2, 0.25) is 0 Å². The summed E-state index contributed by atoms with van der Waals surface area (Å²) in [5.74, 6) is 0.152. The molecule has 0 bridgehead atoms. The fourth-order valence-corrected chi connectivity index (χ4v) is 5.50. The fraction of sp³-hybridized carbons (Fsp3) is 0.300. The number of aromatic nitrogens is 1. The zero-order valence-corrected chi connectivity index (χ0v) is 17.7. The Morgan fingerprint density at radius 2 is 1.75 bits per heavy atom. The maximum Gasteiger partial charge on any atom is 0.335 e. The standard InChI is InChI=1S/C20H22NO5PS/c1-4-24-27(23,25-5-2)13-15-9-11-16(12-10-15)20-21-17-7-6-8-18(19(17)28-20)26-14(3)22/h6-12H,4-5,13H2,1-3H3. The minimum atomic E-state index is -3.13. The van der Waals surface area contributed by atoms with Crippen molar-refractivity contribution in [3.63, 3.8) is 0 Å². The zero-order valence-electron chi connectivity index (χ0n) is 16.0. The Bertz CT molecular complexity index is 1010. The molecule has 8 heteroatoms. The number of benzene rings is 2. The van der Waals surface area contributed by atoms with Crippen LogP contribution in [0.2, 0.25) is 0 Å². The highest BCUT2D eigenvalue weighted by molar-refractivity contribution is 7.53. The summed E-state index contributed by atoms with van der Waals surface area (Å²) in [7, 11) is -3.13. The number of ether oxygens (including phenoxy) is 1. The molecule has 0 fully saturated rings. The second-order valence-electron chi connectivity index (χ2n) is 6.02. The first kappa shape index (κ1) is 20.7. The molecule has 0 radical (unpaired) electrons. The number of nitrogens with zero attached hydrogens (tertiary/aromatic N) is 1. The van der Waals surface area contributed by atoms with Crippen molar-refractivity contribution in [2.24, 2.45) is 0 Å². The van der Waals surface area contributed by atoms with Crippen LogP contribution in [0.1, 0.15) is 26.3 Å². The van der Waals surface area contributed by atoms with Crippen LogP contribution in [-0.4, -0.2) is 24.2 Å². The number of rotatable bonds is 8. The number of carbonyl (C=O) groups is 1. The van der Waals surface area contributed by atoms with Crippen LogP contribution in [-0.2, 0) is 24.6 Å². The molecule has 0 aliphatic rings. The fourth-order valence-electron chi connectivity index (χ4n) is 2.78. The summed E-state index contributed by atoms with van der Waals surface area (Å²) in [6, 6.07) is 13.1. The smallest absolute Gasteiger partial charge is 0.335 e. The summed E-state index contributed by atoms with van der Waals surface area (Å²) in [5.41, 5.74) is 2.58. The van der Waals surface area contributed by atoms with Gasteiger partial charge in [-0.25, -0.2) is 4.98 Å². The quantitative estimate of drug-likeness (QED) is 0.267. The predicted octanol–water partition coefficient (Wildman–Crippen LogP) is 5.65. The van der Waals surface area contributed by atoms with Crippen molar-refractivity contribution < 1.29 is 23.1 Å². The number of thiazole rings is 1. The van der Waals surface area contributed by atoms with Crippen LogP contribution >= 0.6 is 18.9 Å². The molecule has 0 saturated carbocycles. The summed E-state index contributed by atoms with van der Waals surface area (Å²) in [4.78, 5) is 15.9. The Balaban J connectivity index is 1.85. The molecule has 1 aromatic heterocycles. The molecule has 3 rings (SSSR count). The molecule has 148 valence electrons. The van der Waals surface area contributed by atoms with Gasteiger partial charge in [0.25, 0.3) is 0 Å². The molecule has 0 spiro atoms. The van der Waals surface area contributed by atoms with Crippen LogP contribution in [0.4, 0.5) is 0 Å². The highest BCUT2D eigenvalue weighted by Gasteiger charge is 2.24. The van der Waals surface area contributed by atoms with Gasteiger partial charge in [0, 0.05) is 12.5 Å². The van der Waals surface area contributed by atoms with E-state index in [1.807, 2.05) is 36.4 Å². The molecule has 3 aromatic rings. The molecule has 0 atom stereocenters. The Morgan fingerprint density at radius 1 is 1.07 bits per heavy atom. The molecule has 1 heterocycles. The lowest BCUT2D eigenvalue weighted by atomic mass is 10.2. The van der Waals surface area contributed by atoms with E-state index in [1.54, 1.807) is 19.9 Å². The first-order valence-corrected chi connectivity index (χ1v) is 11.5. The van der Waals surface area contributed by atoms with E-state index in [0.29, 0.717) is 19.0 Å². The van der Waals surface area contributed by atoms with E-state index in [4.69, 9.17) is 13.8 Å². The normalized spacial score (nSPS) is 11.7. The van der Waals surface area contributed by atoms with E-state index >= 15 is 0 Å². The third kappa shape index (κ3) is 4.86. The van der Waals surface area contributed by atoms with Gasteiger partial charge in [-0.3, -0.25) is 9.36 Å². The minimum Gasteiger partial charge on any atom is -0.425 e. The zero-order chi connectivity index (χ0) is 20.1. The summed E-state index contributed by atoms with van der Waals surface area (Å²) < 4.78 is 29.5. The summed E-state index contributed by atoms with van der Waals surface area (Å²) >= 11 is 1.46. The molecular formula is C20H22NO5PS. The van der Waals surface area contributed by atoms with Gasteiger partial charge in [-0.15, -0.1) is 11.3 Å². The van der Waals surface area contributed by atoms with Crippen molar-refractivity contribution in [2.75, 3.05) is 13.2 Å². The SMILES string of the molecule is CCOP(=O)(Cc1ccc(-c2nc3cccc(OC(C)=O)c3s2)cc1)OCC. The van der Waals surface area contributed by atoms with Gasteiger partial charge in [0.15, 0.2) is 0 Å². The van der Waals surface area contributed by atoms with E-state index in [-0.39, 0.29) is 12.1 Å². The van der Waals surface area contributed by atoms with Gasteiger partial charge in [-0.05, 0) is 31.5 Å². The third-order valence-electron chi connectivity index (χ3n) is 3.86. The largest absolute Gasteiger partial charge is 0.425 e. The third-order valence-corrected chi connectivity index (χ3v) is 7.05. The van der Waals surface area contributed by atoms with E-state index in [0.717, 1.165) is 26.4 Å². The molecule has 0 amide bonds. The molecule has 2 aromatic carbocycles. The number of hydrogen-bond acceptors (Lipinski definition) is 7. The molecule has 6 nitrogen and oxygen atoms in total. The van der Waals surface area contributed by atoms with Crippen molar-refractivity contribution in [3.8, 4) is 16.3 Å². The predicted molar refractivity (Wildman–Crippen MR) is 111 cm³/mol. The number of esters is 1. The number of carbonyl (C=O) groups excluding carboxylic acids is 1. The Kier molecular flexibility index (Phi) is 6.62. The van der Waals surface area contributed by atoms with E-state index in [9.17, 15) is 9.36 Å². The van der Waals surface area contributed by atoms with E-state index in [2.05, 4.69) is 4.98 Å². The van der Waals surface area contributed by atoms with Crippen molar-refractivity contribution in [3.05, 3.63) is 48.0 Å². The van der Waals surface area contributed by atoms with E-state index in [1.165, 1.54) is 18.3 Å². The van der Waals surface area contributed by atoms with Crippen LogP contribution in [0, 0.1) is 0 Å². The summed E-state index contributed by atoms with van der Waals surface area (Å²) in [6.07, 6.45) is 0.228. The van der Waals surface area contributed by atoms with Gasteiger partial charge >= 0.3 is 13.6 Å². The minimum absolute atomic E-state index is 0.228. The van der Waals surface area contributed by atoms with Crippen molar-refractivity contribution >= 4 is 35.1 Å². The Hall–Kier alpha value is -2.05. The van der Waals surface area contributed by atoms with Crippen molar-refractivity contribution in [2.45, 2.75) is 26.9 Å². The van der Waals surface area contributed by atoms with Gasteiger partial charge in [-0.2, -0.15) is 0 Å². The second-order valence-corrected chi connectivity index (χ2v) is 9.07. The van der Waals surface area contributed by atoms with Crippen LogP contribution in [0.3, 0.4) is 0 Å². The van der Waals surface area contributed by atoms with Crippen LogP contribution in [0.25, 0.3) is 20.8 Å². The molecule has 0 N–H and O–H groups in total. The highest BCUT2D eigenvalue weighted by atomic mass is 32.1. The topological polar surface area (TPSA) is 74.7 Å². The monoisotopic (exact) mass is 419 g/mol. The van der Waals surface area contributed by atoms with Gasteiger partial charge in [0.1, 0.15) is 10.8 Å². The molecular weight excluding hydrogens is 397 g/mol. The molecule has 28 heavy (non-hydrogen) atoms. The lowest BCUT2D eigenvalue weighted by Gasteiger charge is -2.17. The maximum absolute atomic E-state index is 12.7. The lowest BCUT2D eigenvalue weighted by molar-refractivity contribution is -0.131. The van der Waals surface area contributed by atoms with Crippen LogP contribution in [0.5, 0.6) is 5.75 Å². The van der Waals surface area contributed by atoms with Gasteiger partial charge < -0.3 is 13.8 Å². The first-order valence-electron chi connectivity index (χ1n) is 8.99. The number of hydrogen-bond donors (Lipinski definition) is 0. The Labute approximate surface area is 168 Å². The molecule has 0 aliphatic heterocycles. The first-order chi connectivity index (χ1) is 13.4. The molecule has 0 unspecified atom stereocenters. The summed E-state index contributed by atoms with van der Waals surface area (Å²) in [5, 5.41) is 0.818. The van der Waals surface area contributed by atoms with Crippen molar-refractivity contribution in [1.82, 2.24) is 4.98 Å². The van der Waals surface area contributed by atoms with Crippen LogP contribution in [0.15, 0.2) is 42.5 Å². The van der Waals surface area contributed by atoms with E-state index < -0.39 is 7.60 Å². The van der Waals surface area contributed by atoms with Gasteiger partial charge in [0.05, 0.1) is 29.6 Å². The average molecular weight is 419 g/mol. The number of fused-ring (bicyclic) bond motifs is 1. The Morgan fingerprint density at radius 3 is 2.36 bits per heavy atom. The second kappa shape index (κ2) is 8.97. The van der Waals surface area contributed by atoms with Crippen molar-refractivity contribution in [1.29, 1.82) is 0 Å². The summed E-state index contributed by atoms with van der Waals surface area (Å²) in [6.45, 7) is 5.65. The molecule has 0 aliphatic carbocycles. The van der Waals surface area contributed by atoms with Gasteiger partial charge in [-0.1, -0.05) is 30.3 Å². The lowest BCUT2D eigenvalue weighted by Crippen LogP contribution is -2.00. The highest BCUT2D eigenvalue weighted by Crippen LogP contribution is 2.51. The average Bonchev–Trinajstić information content (AvgIpc) is 3.07. The molecule has 0 saturated heterocycles. The maximum atomic E-state index is 12.7.